The van der Waals surface area contributed by atoms with Gasteiger partial charge >= 0.3 is 0 Å². The molecule has 4 atom stereocenters. The van der Waals surface area contributed by atoms with Crippen LogP contribution >= 0.6 is 0 Å². The van der Waals surface area contributed by atoms with Gasteiger partial charge < -0.3 is 14.8 Å². The summed E-state index contributed by atoms with van der Waals surface area (Å²) in [6, 6.07) is 7.98. The first-order valence-electron chi connectivity index (χ1n) is 9.81. The number of carbonyl (C=O) groups is 1. The molecule has 138 valence electrons. The van der Waals surface area contributed by atoms with Crippen LogP contribution in [0.5, 0.6) is 11.5 Å². The molecule has 3 rings (SSSR count). The number of nitrogens with one attached hydrogen (secondary N) is 1. The second kappa shape index (κ2) is 8.59. The normalized spacial score (nSPS) is 25.6. The summed E-state index contributed by atoms with van der Waals surface area (Å²) in [6.45, 7) is 5.28. The Kier molecular flexibility index (Phi) is 6.22. The van der Waals surface area contributed by atoms with Crippen LogP contribution < -0.4 is 14.8 Å². The summed E-state index contributed by atoms with van der Waals surface area (Å²) in [5, 5.41) is 3.22. The minimum absolute atomic E-state index is 0.150. The first-order chi connectivity index (χ1) is 12.2. The third-order valence-corrected chi connectivity index (χ3v) is 5.78. The van der Waals surface area contributed by atoms with Gasteiger partial charge in [0.25, 0.3) is 0 Å². The molecule has 2 aliphatic rings. The molecule has 1 aromatic carbocycles. The predicted molar refractivity (Wildman–Crippen MR) is 98.9 cm³/mol. The van der Waals surface area contributed by atoms with Gasteiger partial charge in [-0.25, -0.2) is 0 Å². The van der Waals surface area contributed by atoms with Crippen LogP contribution in [0.3, 0.4) is 0 Å². The lowest BCUT2D eigenvalue weighted by atomic mass is 9.84. The second-order valence-electron chi connectivity index (χ2n) is 7.53. The van der Waals surface area contributed by atoms with E-state index in [1.54, 1.807) is 0 Å². The third kappa shape index (κ3) is 4.68. The SMILES string of the molecule is CCOc1ccccc1OCCCC(=O)NC(C)C1CC2CCC1C2. The zero-order chi connectivity index (χ0) is 17.6. The Labute approximate surface area is 151 Å². The maximum atomic E-state index is 12.2. The lowest BCUT2D eigenvalue weighted by Gasteiger charge is -2.28. The summed E-state index contributed by atoms with van der Waals surface area (Å²) in [7, 11) is 0. The van der Waals surface area contributed by atoms with Crippen molar-refractivity contribution >= 4 is 5.91 Å². The van der Waals surface area contributed by atoms with Crippen molar-refractivity contribution in [3.05, 3.63) is 24.3 Å². The van der Waals surface area contributed by atoms with E-state index < -0.39 is 0 Å². The average Bonchev–Trinajstić information content (AvgIpc) is 3.23. The van der Waals surface area contributed by atoms with Crippen LogP contribution in [-0.2, 0) is 4.79 Å². The van der Waals surface area contributed by atoms with E-state index >= 15 is 0 Å². The molecule has 2 saturated carbocycles. The lowest BCUT2D eigenvalue weighted by Crippen LogP contribution is -2.40. The van der Waals surface area contributed by atoms with E-state index in [4.69, 9.17) is 9.47 Å². The van der Waals surface area contributed by atoms with Crippen molar-refractivity contribution in [2.24, 2.45) is 17.8 Å². The van der Waals surface area contributed by atoms with Gasteiger partial charge in [0.2, 0.25) is 5.91 Å². The Morgan fingerprint density at radius 1 is 1.20 bits per heavy atom. The summed E-state index contributed by atoms with van der Waals surface area (Å²) < 4.78 is 11.3. The molecule has 1 amide bonds. The molecule has 2 bridgehead atoms. The molecular weight excluding hydrogens is 314 g/mol. The van der Waals surface area contributed by atoms with E-state index in [-0.39, 0.29) is 5.91 Å². The van der Waals surface area contributed by atoms with Gasteiger partial charge in [0, 0.05) is 12.5 Å². The van der Waals surface area contributed by atoms with Crippen molar-refractivity contribution in [2.45, 2.75) is 58.4 Å². The Morgan fingerprint density at radius 2 is 1.96 bits per heavy atom. The molecule has 2 fully saturated rings. The largest absolute Gasteiger partial charge is 0.490 e. The van der Waals surface area contributed by atoms with Crippen LogP contribution in [0.1, 0.15) is 52.4 Å². The van der Waals surface area contributed by atoms with E-state index in [1.807, 2.05) is 31.2 Å². The average molecular weight is 345 g/mol. The number of ether oxygens (including phenoxy) is 2. The zero-order valence-electron chi connectivity index (χ0n) is 15.5. The molecule has 0 aliphatic heterocycles. The molecule has 25 heavy (non-hydrogen) atoms. The van der Waals surface area contributed by atoms with E-state index in [0.29, 0.717) is 31.6 Å². The Morgan fingerprint density at radius 3 is 2.60 bits per heavy atom. The first kappa shape index (κ1) is 18.1. The van der Waals surface area contributed by atoms with Crippen LogP contribution in [0, 0.1) is 17.8 Å². The summed E-state index contributed by atoms with van der Waals surface area (Å²) in [4.78, 5) is 12.2. The van der Waals surface area contributed by atoms with Gasteiger partial charge in [0.15, 0.2) is 11.5 Å². The molecular formula is C21H31NO3. The summed E-state index contributed by atoms with van der Waals surface area (Å²) >= 11 is 0. The molecule has 1 N–H and O–H groups in total. The van der Waals surface area contributed by atoms with Gasteiger partial charge in [0.1, 0.15) is 0 Å². The van der Waals surface area contributed by atoms with Gasteiger partial charge in [-0.05, 0) is 69.4 Å². The van der Waals surface area contributed by atoms with Crippen molar-refractivity contribution in [1.29, 1.82) is 0 Å². The molecule has 0 saturated heterocycles. The van der Waals surface area contributed by atoms with Gasteiger partial charge in [-0.15, -0.1) is 0 Å². The van der Waals surface area contributed by atoms with Gasteiger partial charge in [-0.1, -0.05) is 18.6 Å². The van der Waals surface area contributed by atoms with Gasteiger partial charge in [-0.2, -0.15) is 0 Å². The Bertz CT molecular complexity index is 574. The van der Waals surface area contributed by atoms with Crippen molar-refractivity contribution in [3.8, 4) is 11.5 Å². The minimum Gasteiger partial charge on any atom is -0.490 e. The molecule has 0 aromatic heterocycles. The smallest absolute Gasteiger partial charge is 0.220 e. The number of rotatable bonds is 9. The standard InChI is InChI=1S/C21H31NO3/c1-3-24-19-7-4-5-8-20(19)25-12-6-9-21(23)22-15(2)18-14-16-10-11-17(18)13-16/h4-5,7-8,15-18H,3,6,9-14H2,1-2H3,(H,22,23). The van der Waals surface area contributed by atoms with Crippen LogP contribution in [0.15, 0.2) is 24.3 Å². The number of carbonyl (C=O) groups excluding carboxylic acids is 1. The minimum atomic E-state index is 0.150. The molecule has 4 nitrogen and oxygen atoms in total. The number of fused-ring (bicyclic) bond motifs is 2. The number of hydrogen-bond acceptors (Lipinski definition) is 3. The number of amides is 1. The van der Waals surface area contributed by atoms with Crippen molar-refractivity contribution in [3.63, 3.8) is 0 Å². The summed E-state index contributed by atoms with van der Waals surface area (Å²) in [5.74, 6) is 4.13. The summed E-state index contributed by atoms with van der Waals surface area (Å²) in [6.07, 6.45) is 6.70. The second-order valence-corrected chi connectivity index (χ2v) is 7.53. The highest BCUT2D eigenvalue weighted by molar-refractivity contribution is 5.76. The fourth-order valence-corrected chi connectivity index (χ4v) is 4.60. The fraction of sp³-hybridized carbons (Fsp3) is 0.667. The van der Waals surface area contributed by atoms with Crippen molar-refractivity contribution in [1.82, 2.24) is 5.32 Å². The van der Waals surface area contributed by atoms with E-state index in [1.165, 1.54) is 25.7 Å². The predicted octanol–water partition coefficient (Wildman–Crippen LogP) is 4.19. The number of benzene rings is 1. The monoisotopic (exact) mass is 345 g/mol. The fourth-order valence-electron chi connectivity index (χ4n) is 4.60. The maximum Gasteiger partial charge on any atom is 0.220 e. The van der Waals surface area contributed by atoms with Crippen LogP contribution in [0.4, 0.5) is 0 Å². The maximum absolute atomic E-state index is 12.2. The highest BCUT2D eigenvalue weighted by Crippen LogP contribution is 2.49. The first-order valence-corrected chi connectivity index (χ1v) is 9.81. The highest BCUT2D eigenvalue weighted by Gasteiger charge is 2.42. The quantitative estimate of drug-likeness (QED) is 0.683. The van der Waals surface area contributed by atoms with Crippen molar-refractivity contribution in [2.75, 3.05) is 13.2 Å². The zero-order valence-corrected chi connectivity index (χ0v) is 15.5. The van der Waals surface area contributed by atoms with Crippen LogP contribution in [0.2, 0.25) is 0 Å². The number of para-hydroxylation sites is 2. The topological polar surface area (TPSA) is 47.6 Å². The van der Waals surface area contributed by atoms with Crippen LogP contribution in [0.25, 0.3) is 0 Å². The van der Waals surface area contributed by atoms with Crippen LogP contribution in [-0.4, -0.2) is 25.2 Å². The van der Waals surface area contributed by atoms with E-state index in [9.17, 15) is 4.79 Å². The molecule has 0 spiro atoms. The molecule has 2 aliphatic carbocycles. The van der Waals surface area contributed by atoms with E-state index in [2.05, 4.69) is 12.2 Å². The molecule has 0 heterocycles. The van der Waals surface area contributed by atoms with Gasteiger partial charge in [0.05, 0.1) is 13.2 Å². The summed E-state index contributed by atoms with van der Waals surface area (Å²) in [5.41, 5.74) is 0. The Hall–Kier alpha value is -1.71. The van der Waals surface area contributed by atoms with Gasteiger partial charge in [-0.3, -0.25) is 4.79 Å². The molecule has 1 aromatic rings. The third-order valence-electron chi connectivity index (χ3n) is 5.78. The highest BCUT2D eigenvalue weighted by atomic mass is 16.5. The Balaban J connectivity index is 1.35. The van der Waals surface area contributed by atoms with Crippen molar-refractivity contribution < 1.29 is 14.3 Å². The molecule has 4 unspecified atom stereocenters. The number of hydrogen-bond donors (Lipinski definition) is 1. The molecule has 0 radical (unpaired) electrons. The van der Waals surface area contributed by atoms with E-state index in [0.717, 1.165) is 29.8 Å². The lowest BCUT2D eigenvalue weighted by molar-refractivity contribution is -0.122. The molecule has 4 heteroatoms.